The van der Waals surface area contributed by atoms with Crippen molar-refractivity contribution < 1.29 is 18.0 Å². The molecule has 0 saturated heterocycles. The standard InChI is InChI=1S/C23H19N5O4S/c1-15(29)18-8-5-9-19(14-18)28-33(31,32)20-12-10-17(11-13-20)22(30)25-23-24-21(26-27-23)16-6-3-2-4-7-16/h2-14,28H,1H3,(H2,24,25,26,27,30). The first kappa shape index (κ1) is 21.9. The van der Waals surface area contributed by atoms with Crippen LogP contribution in [0.3, 0.4) is 0 Å². The van der Waals surface area contributed by atoms with Gasteiger partial charge in [-0.2, -0.15) is 4.98 Å². The van der Waals surface area contributed by atoms with Gasteiger partial charge in [-0.25, -0.2) is 8.42 Å². The third kappa shape index (κ3) is 5.13. The van der Waals surface area contributed by atoms with Crippen molar-refractivity contribution >= 4 is 33.3 Å². The number of aromatic amines is 1. The van der Waals surface area contributed by atoms with Crippen LogP contribution in [0.2, 0.25) is 0 Å². The topological polar surface area (TPSA) is 134 Å². The first-order valence-electron chi connectivity index (χ1n) is 9.85. The second-order valence-electron chi connectivity index (χ2n) is 7.09. The molecule has 10 heteroatoms. The Bertz CT molecular complexity index is 1410. The molecule has 9 nitrogen and oxygen atoms in total. The zero-order valence-corrected chi connectivity index (χ0v) is 18.3. The molecule has 3 aromatic carbocycles. The predicted octanol–water partition coefficient (Wildman–Crippen LogP) is 3.73. The fraction of sp³-hybridized carbons (Fsp3) is 0.0435. The lowest BCUT2D eigenvalue weighted by Gasteiger charge is -2.09. The summed E-state index contributed by atoms with van der Waals surface area (Å²) in [6.45, 7) is 1.40. The molecule has 4 aromatic rings. The minimum atomic E-state index is -3.91. The lowest BCUT2D eigenvalue weighted by atomic mass is 10.1. The van der Waals surface area contributed by atoms with Crippen LogP contribution in [0.15, 0.2) is 83.8 Å². The number of carbonyl (C=O) groups is 2. The molecule has 0 aliphatic heterocycles. The molecule has 166 valence electrons. The Morgan fingerprint density at radius 1 is 0.879 bits per heavy atom. The summed E-state index contributed by atoms with van der Waals surface area (Å²) in [6, 6.07) is 20.9. The van der Waals surface area contributed by atoms with Crippen molar-refractivity contribution in [1.29, 1.82) is 0 Å². The molecule has 0 spiro atoms. The molecule has 0 bridgehead atoms. The summed E-state index contributed by atoms with van der Waals surface area (Å²) in [6.07, 6.45) is 0. The van der Waals surface area contributed by atoms with Crippen LogP contribution in [-0.4, -0.2) is 35.3 Å². The minimum absolute atomic E-state index is 0.0310. The number of nitrogens with zero attached hydrogens (tertiary/aromatic N) is 2. The first-order chi connectivity index (χ1) is 15.8. The number of ketones is 1. The first-order valence-corrected chi connectivity index (χ1v) is 11.3. The van der Waals surface area contributed by atoms with E-state index >= 15 is 0 Å². The molecule has 1 heterocycles. The Morgan fingerprint density at radius 2 is 1.61 bits per heavy atom. The third-order valence-corrected chi connectivity index (χ3v) is 6.10. The van der Waals surface area contributed by atoms with Gasteiger partial charge in [0.25, 0.3) is 15.9 Å². The average Bonchev–Trinajstić information content (AvgIpc) is 3.28. The van der Waals surface area contributed by atoms with Crippen LogP contribution < -0.4 is 10.0 Å². The molecule has 0 aliphatic rings. The summed E-state index contributed by atoms with van der Waals surface area (Å²) in [5, 5.41) is 9.31. The van der Waals surface area contributed by atoms with Crippen LogP contribution >= 0.6 is 0 Å². The molecule has 1 amide bonds. The molecular formula is C23H19N5O4S. The highest BCUT2D eigenvalue weighted by molar-refractivity contribution is 7.92. The Hall–Kier alpha value is -4.31. The van der Waals surface area contributed by atoms with E-state index in [4.69, 9.17) is 0 Å². The molecule has 4 rings (SSSR count). The van der Waals surface area contributed by atoms with Crippen molar-refractivity contribution in [1.82, 2.24) is 15.2 Å². The van der Waals surface area contributed by atoms with Gasteiger partial charge in [0, 0.05) is 22.4 Å². The molecule has 0 unspecified atom stereocenters. The maximum absolute atomic E-state index is 12.7. The Labute approximate surface area is 189 Å². The van der Waals surface area contributed by atoms with E-state index in [9.17, 15) is 18.0 Å². The smallest absolute Gasteiger partial charge is 0.261 e. The van der Waals surface area contributed by atoms with E-state index in [0.29, 0.717) is 11.4 Å². The van der Waals surface area contributed by atoms with Crippen LogP contribution in [0.5, 0.6) is 0 Å². The maximum Gasteiger partial charge on any atom is 0.261 e. The van der Waals surface area contributed by atoms with Gasteiger partial charge in [0.2, 0.25) is 5.95 Å². The number of hydrogen-bond acceptors (Lipinski definition) is 6. The van der Waals surface area contributed by atoms with Gasteiger partial charge in [0.1, 0.15) is 0 Å². The van der Waals surface area contributed by atoms with Gasteiger partial charge in [-0.15, -0.1) is 5.10 Å². The number of anilines is 2. The highest BCUT2D eigenvalue weighted by Crippen LogP contribution is 2.19. The predicted molar refractivity (Wildman–Crippen MR) is 123 cm³/mol. The van der Waals surface area contributed by atoms with Gasteiger partial charge < -0.3 is 0 Å². The Kier molecular flexibility index (Phi) is 6.01. The highest BCUT2D eigenvalue weighted by Gasteiger charge is 2.17. The fourth-order valence-corrected chi connectivity index (χ4v) is 4.07. The van der Waals surface area contributed by atoms with Gasteiger partial charge in [0.15, 0.2) is 11.6 Å². The monoisotopic (exact) mass is 461 g/mol. The van der Waals surface area contributed by atoms with E-state index < -0.39 is 15.9 Å². The molecule has 1 aromatic heterocycles. The maximum atomic E-state index is 12.7. The zero-order valence-electron chi connectivity index (χ0n) is 17.4. The summed E-state index contributed by atoms with van der Waals surface area (Å²) in [5.74, 6) is -0.0526. The number of amides is 1. The van der Waals surface area contributed by atoms with Crippen LogP contribution in [0, 0.1) is 0 Å². The van der Waals surface area contributed by atoms with E-state index in [1.54, 1.807) is 18.2 Å². The highest BCUT2D eigenvalue weighted by atomic mass is 32.2. The molecule has 33 heavy (non-hydrogen) atoms. The number of hydrogen-bond donors (Lipinski definition) is 3. The Morgan fingerprint density at radius 3 is 2.30 bits per heavy atom. The SMILES string of the molecule is CC(=O)c1cccc(NS(=O)(=O)c2ccc(C(=O)Nc3n[nH]c(-c4ccccc4)n3)cc2)c1. The number of nitrogens with one attached hydrogen (secondary N) is 3. The van der Waals surface area contributed by atoms with E-state index in [-0.39, 0.29) is 27.9 Å². The van der Waals surface area contributed by atoms with Crippen molar-refractivity contribution in [2.75, 3.05) is 10.0 Å². The normalized spacial score (nSPS) is 11.1. The van der Waals surface area contributed by atoms with Gasteiger partial charge in [-0.1, -0.05) is 42.5 Å². The second-order valence-corrected chi connectivity index (χ2v) is 8.78. The molecule has 0 saturated carbocycles. The fourth-order valence-electron chi connectivity index (χ4n) is 3.02. The van der Waals surface area contributed by atoms with Crippen molar-refractivity contribution in [3.05, 3.63) is 90.0 Å². The van der Waals surface area contributed by atoms with Crippen molar-refractivity contribution in [3.8, 4) is 11.4 Å². The third-order valence-electron chi connectivity index (χ3n) is 4.71. The van der Waals surface area contributed by atoms with Gasteiger partial charge in [-0.05, 0) is 43.3 Å². The van der Waals surface area contributed by atoms with Crippen molar-refractivity contribution in [2.24, 2.45) is 0 Å². The van der Waals surface area contributed by atoms with E-state index in [1.165, 1.54) is 37.3 Å². The number of rotatable bonds is 7. The lowest BCUT2D eigenvalue weighted by Crippen LogP contribution is -2.15. The number of carbonyl (C=O) groups excluding carboxylic acids is 2. The summed E-state index contributed by atoms with van der Waals surface area (Å²) in [7, 11) is -3.91. The second kappa shape index (κ2) is 9.05. The number of Topliss-reactive ketones (excluding diaryl/α,β-unsaturated/α-hetero) is 1. The number of H-pyrrole nitrogens is 1. The van der Waals surface area contributed by atoms with Crippen LogP contribution in [0.4, 0.5) is 11.6 Å². The van der Waals surface area contributed by atoms with Crippen LogP contribution in [0.1, 0.15) is 27.6 Å². The quantitative estimate of drug-likeness (QED) is 0.359. The lowest BCUT2D eigenvalue weighted by molar-refractivity contribution is 0.101. The number of aromatic nitrogens is 3. The van der Waals surface area contributed by atoms with E-state index in [0.717, 1.165) is 5.56 Å². The van der Waals surface area contributed by atoms with E-state index in [1.807, 2.05) is 30.3 Å². The van der Waals surface area contributed by atoms with Crippen LogP contribution in [-0.2, 0) is 10.0 Å². The number of benzene rings is 3. The van der Waals surface area contributed by atoms with Crippen molar-refractivity contribution in [3.63, 3.8) is 0 Å². The Balaban J connectivity index is 1.45. The molecule has 0 fully saturated rings. The average molecular weight is 462 g/mol. The molecule has 3 N–H and O–H groups in total. The van der Waals surface area contributed by atoms with Gasteiger partial charge in [-0.3, -0.25) is 24.7 Å². The van der Waals surface area contributed by atoms with Crippen molar-refractivity contribution in [2.45, 2.75) is 11.8 Å². The zero-order chi connectivity index (χ0) is 23.4. The molecule has 0 atom stereocenters. The summed E-state index contributed by atoms with van der Waals surface area (Å²) in [4.78, 5) is 28.2. The van der Waals surface area contributed by atoms with E-state index in [2.05, 4.69) is 25.2 Å². The number of sulfonamides is 1. The molecular weight excluding hydrogens is 442 g/mol. The van der Waals surface area contributed by atoms with Gasteiger partial charge >= 0.3 is 0 Å². The molecule has 0 aliphatic carbocycles. The molecule has 0 radical (unpaired) electrons. The minimum Gasteiger partial charge on any atom is -0.295 e. The van der Waals surface area contributed by atoms with Crippen LogP contribution in [0.25, 0.3) is 11.4 Å². The summed E-state index contributed by atoms with van der Waals surface area (Å²) < 4.78 is 27.8. The largest absolute Gasteiger partial charge is 0.295 e. The summed E-state index contributed by atoms with van der Waals surface area (Å²) in [5.41, 5.74) is 1.72. The summed E-state index contributed by atoms with van der Waals surface area (Å²) >= 11 is 0. The van der Waals surface area contributed by atoms with Gasteiger partial charge in [0.05, 0.1) is 4.90 Å².